The number of halogens is 1. The first kappa shape index (κ1) is 20.5. The highest BCUT2D eigenvalue weighted by Gasteiger charge is 2.32. The van der Waals surface area contributed by atoms with Crippen LogP contribution < -0.4 is 5.32 Å². The lowest BCUT2D eigenvalue weighted by Crippen LogP contribution is -2.46. The lowest BCUT2D eigenvalue weighted by molar-refractivity contribution is -0.127. The molecule has 1 aliphatic heterocycles. The maximum atomic E-state index is 13.6. The van der Waals surface area contributed by atoms with Gasteiger partial charge in [-0.15, -0.1) is 0 Å². The Kier molecular flexibility index (Phi) is 7.18. The molecule has 0 aliphatic carbocycles. The zero-order chi connectivity index (χ0) is 19.9. The number of rotatable bonds is 7. The summed E-state index contributed by atoms with van der Waals surface area (Å²) >= 11 is 0. The Balaban J connectivity index is 1.76. The highest BCUT2D eigenvalue weighted by Crippen LogP contribution is 2.31. The second-order valence-electron chi connectivity index (χ2n) is 7.65. The summed E-state index contributed by atoms with van der Waals surface area (Å²) in [7, 11) is 1.63. The van der Waals surface area contributed by atoms with Crippen LogP contribution in [-0.2, 0) is 16.1 Å². The van der Waals surface area contributed by atoms with Gasteiger partial charge in [-0.25, -0.2) is 4.39 Å². The fourth-order valence-corrected chi connectivity index (χ4v) is 3.99. The van der Waals surface area contributed by atoms with Crippen molar-refractivity contribution in [2.24, 2.45) is 5.92 Å². The molecule has 1 fully saturated rings. The molecular formula is C23H29FN2O2. The van der Waals surface area contributed by atoms with Crippen molar-refractivity contribution in [2.75, 3.05) is 33.4 Å². The second kappa shape index (κ2) is 9.80. The Morgan fingerprint density at radius 1 is 1.21 bits per heavy atom. The number of nitrogens with one attached hydrogen (secondary N) is 1. The first-order valence-corrected chi connectivity index (χ1v) is 9.85. The van der Waals surface area contributed by atoms with E-state index in [1.54, 1.807) is 19.2 Å². The number of ether oxygens (including phenoxy) is 1. The molecule has 0 bridgehead atoms. The molecule has 2 atom stereocenters. The van der Waals surface area contributed by atoms with Crippen molar-refractivity contribution in [3.63, 3.8) is 0 Å². The lowest BCUT2D eigenvalue weighted by atomic mass is 9.83. The van der Waals surface area contributed by atoms with E-state index in [4.69, 9.17) is 4.74 Å². The number of carbonyl (C=O) groups excluding carboxylic acids is 1. The van der Waals surface area contributed by atoms with Gasteiger partial charge in [0.15, 0.2) is 0 Å². The Labute approximate surface area is 166 Å². The average Bonchev–Trinajstić information content (AvgIpc) is 2.68. The molecule has 0 saturated carbocycles. The van der Waals surface area contributed by atoms with Crippen LogP contribution in [-0.4, -0.2) is 44.2 Å². The van der Waals surface area contributed by atoms with Crippen molar-refractivity contribution in [3.05, 3.63) is 71.0 Å². The molecule has 28 heavy (non-hydrogen) atoms. The molecule has 2 aromatic carbocycles. The first-order chi connectivity index (χ1) is 13.5. The predicted molar refractivity (Wildman–Crippen MR) is 109 cm³/mol. The van der Waals surface area contributed by atoms with Gasteiger partial charge in [0, 0.05) is 33.3 Å². The zero-order valence-corrected chi connectivity index (χ0v) is 16.7. The molecule has 5 heteroatoms. The van der Waals surface area contributed by atoms with Crippen molar-refractivity contribution in [2.45, 2.75) is 25.8 Å². The normalized spacial score (nSPS) is 20.1. The minimum absolute atomic E-state index is 0.0682. The molecule has 1 aliphatic rings. The third kappa shape index (κ3) is 5.63. The van der Waals surface area contributed by atoms with Crippen LogP contribution >= 0.6 is 0 Å². The van der Waals surface area contributed by atoms with Crippen LogP contribution in [0.4, 0.5) is 4.39 Å². The Bertz CT molecular complexity index is 796. The molecule has 3 rings (SSSR count). The van der Waals surface area contributed by atoms with E-state index in [1.165, 1.54) is 17.2 Å². The summed E-state index contributed by atoms with van der Waals surface area (Å²) in [6.07, 6.45) is 0.821. The van der Waals surface area contributed by atoms with E-state index in [2.05, 4.69) is 41.4 Å². The quantitative estimate of drug-likeness (QED) is 0.743. The number of carbonyl (C=O) groups is 1. The van der Waals surface area contributed by atoms with E-state index in [-0.39, 0.29) is 23.6 Å². The van der Waals surface area contributed by atoms with Crippen molar-refractivity contribution in [1.29, 1.82) is 0 Å². The number of aryl methyl sites for hydroxylation is 1. The first-order valence-electron chi connectivity index (χ1n) is 9.85. The fourth-order valence-electron chi connectivity index (χ4n) is 3.99. The van der Waals surface area contributed by atoms with Gasteiger partial charge >= 0.3 is 0 Å². The number of hydrogen-bond donors (Lipinski definition) is 1. The molecule has 1 N–H and O–H groups in total. The van der Waals surface area contributed by atoms with E-state index in [0.29, 0.717) is 26.2 Å². The number of benzene rings is 2. The predicted octanol–water partition coefficient (Wildman–Crippen LogP) is 3.50. The second-order valence-corrected chi connectivity index (χ2v) is 7.65. The Hall–Kier alpha value is -2.24. The third-order valence-corrected chi connectivity index (χ3v) is 5.31. The van der Waals surface area contributed by atoms with Crippen molar-refractivity contribution in [1.82, 2.24) is 10.2 Å². The molecule has 1 amide bonds. The summed E-state index contributed by atoms with van der Waals surface area (Å²) in [5.74, 6) is 0.0299. The largest absolute Gasteiger partial charge is 0.383 e. The van der Waals surface area contributed by atoms with Crippen LogP contribution in [0.25, 0.3) is 0 Å². The minimum Gasteiger partial charge on any atom is -0.383 e. The molecule has 0 spiro atoms. The Morgan fingerprint density at radius 2 is 2.04 bits per heavy atom. The van der Waals surface area contributed by atoms with Crippen LogP contribution in [0.5, 0.6) is 0 Å². The van der Waals surface area contributed by atoms with E-state index >= 15 is 0 Å². The van der Waals surface area contributed by atoms with Gasteiger partial charge in [0.2, 0.25) is 5.91 Å². The van der Waals surface area contributed by atoms with Crippen LogP contribution in [0.1, 0.15) is 29.0 Å². The topological polar surface area (TPSA) is 41.6 Å². The van der Waals surface area contributed by atoms with Gasteiger partial charge in [0.1, 0.15) is 5.82 Å². The monoisotopic (exact) mass is 384 g/mol. The van der Waals surface area contributed by atoms with Gasteiger partial charge in [0.05, 0.1) is 12.5 Å². The van der Waals surface area contributed by atoms with Crippen molar-refractivity contribution >= 4 is 5.91 Å². The Morgan fingerprint density at radius 3 is 2.79 bits per heavy atom. The average molecular weight is 384 g/mol. The summed E-state index contributed by atoms with van der Waals surface area (Å²) in [5.41, 5.74) is 3.42. The van der Waals surface area contributed by atoms with Crippen LogP contribution in [0.3, 0.4) is 0 Å². The van der Waals surface area contributed by atoms with Crippen LogP contribution in [0.15, 0.2) is 48.5 Å². The molecule has 0 unspecified atom stereocenters. The van der Waals surface area contributed by atoms with Crippen molar-refractivity contribution < 1.29 is 13.9 Å². The van der Waals surface area contributed by atoms with Gasteiger partial charge in [-0.05, 0) is 42.5 Å². The van der Waals surface area contributed by atoms with Gasteiger partial charge in [-0.2, -0.15) is 0 Å². The summed E-state index contributed by atoms with van der Waals surface area (Å²) in [5, 5.41) is 2.98. The number of methoxy groups -OCH3 is 1. The zero-order valence-electron chi connectivity index (χ0n) is 16.7. The maximum absolute atomic E-state index is 13.6. The van der Waals surface area contributed by atoms with E-state index in [9.17, 15) is 9.18 Å². The number of nitrogens with zero attached hydrogens (tertiary/aromatic N) is 1. The fraction of sp³-hybridized carbons (Fsp3) is 0.435. The SMILES string of the molecule is COCCNC(=O)[C@@H]1C[C@@H](c2cccc(C)c2)CN(Cc2cccc(F)c2)C1. The smallest absolute Gasteiger partial charge is 0.224 e. The number of hydrogen-bond acceptors (Lipinski definition) is 3. The molecule has 4 nitrogen and oxygen atoms in total. The van der Waals surface area contributed by atoms with Gasteiger partial charge < -0.3 is 10.1 Å². The van der Waals surface area contributed by atoms with E-state index in [0.717, 1.165) is 18.5 Å². The molecule has 150 valence electrons. The summed E-state index contributed by atoms with van der Waals surface area (Å²) in [6.45, 7) is 5.30. The highest BCUT2D eigenvalue weighted by atomic mass is 19.1. The standard InChI is InChI=1S/C23H29FN2O2/c1-17-5-3-7-19(11-17)20-13-21(23(27)25-9-10-28-2)16-26(15-20)14-18-6-4-8-22(24)12-18/h3-8,11-12,20-21H,9-10,13-16H2,1-2H3,(H,25,27)/t20-,21-/m1/s1. The maximum Gasteiger partial charge on any atom is 0.224 e. The van der Waals surface area contributed by atoms with Gasteiger partial charge in [-0.1, -0.05) is 42.0 Å². The van der Waals surface area contributed by atoms with Gasteiger partial charge in [-0.3, -0.25) is 9.69 Å². The molecule has 1 heterocycles. The van der Waals surface area contributed by atoms with Crippen LogP contribution in [0.2, 0.25) is 0 Å². The molecule has 0 radical (unpaired) electrons. The van der Waals surface area contributed by atoms with E-state index < -0.39 is 0 Å². The number of amides is 1. The summed E-state index contributed by atoms with van der Waals surface area (Å²) in [6, 6.07) is 15.2. The molecular weight excluding hydrogens is 355 g/mol. The third-order valence-electron chi connectivity index (χ3n) is 5.31. The van der Waals surface area contributed by atoms with Crippen molar-refractivity contribution in [3.8, 4) is 0 Å². The molecule has 0 aromatic heterocycles. The molecule has 1 saturated heterocycles. The van der Waals surface area contributed by atoms with E-state index in [1.807, 2.05) is 6.07 Å². The summed E-state index contributed by atoms with van der Waals surface area (Å²) < 4.78 is 18.6. The lowest BCUT2D eigenvalue weighted by Gasteiger charge is -2.37. The molecule has 2 aromatic rings. The number of likely N-dealkylation sites (tertiary alicyclic amines) is 1. The highest BCUT2D eigenvalue weighted by molar-refractivity contribution is 5.79. The minimum atomic E-state index is -0.224. The van der Waals surface area contributed by atoms with Crippen LogP contribution in [0, 0.1) is 18.7 Å². The van der Waals surface area contributed by atoms with Gasteiger partial charge in [0.25, 0.3) is 0 Å². The number of piperidine rings is 1. The summed E-state index contributed by atoms with van der Waals surface area (Å²) in [4.78, 5) is 15.0.